The van der Waals surface area contributed by atoms with Crippen LogP contribution in [0.4, 0.5) is 22.0 Å². The molecule has 0 fully saturated rings. The summed E-state index contributed by atoms with van der Waals surface area (Å²) in [5, 5.41) is 8.56. The van der Waals surface area contributed by atoms with E-state index in [9.17, 15) is 31.5 Å². The lowest BCUT2D eigenvalue weighted by atomic mass is 10.1. The van der Waals surface area contributed by atoms with E-state index in [1.807, 2.05) is 0 Å². The van der Waals surface area contributed by atoms with Crippen molar-refractivity contribution in [1.82, 2.24) is 0 Å². The number of carboxylic acids is 1. The first kappa shape index (κ1) is 14.7. The highest BCUT2D eigenvalue weighted by Gasteiger charge is 2.31. The maximum Gasteiger partial charge on any atom is 0.371 e. The molecular weight excluding hydrogens is 303 g/mol. The van der Waals surface area contributed by atoms with E-state index in [2.05, 4.69) is 4.42 Å². The predicted molar refractivity (Wildman–Crippen MR) is 55.3 cm³/mol. The third-order valence-corrected chi connectivity index (χ3v) is 2.48. The molecule has 9 heteroatoms. The van der Waals surface area contributed by atoms with Crippen LogP contribution >= 0.6 is 0 Å². The molecule has 0 radical (unpaired) electrons. The molecule has 0 saturated heterocycles. The predicted octanol–water partition coefficient (Wildman–Crippen LogP) is 2.90. The lowest BCUT2D eigenvalue weighted by Crippen LogP contribution is -2.13. The summed E-state index contributed by atoms with van der Waals surface area (Å²) in [5.41, 5.74) is -1.72. The smallest absolute Gasteiger partial charge is 0.371 e. The second-order valence-corrected chi connectivity index (χ2v) is 3.74. The SMILES string of the molecule is O=C(O)c1ccc(C(=O)c2c(F)c(F)c(F)c(F)c2F)o1. The molecule has 0 aliphatic heterocycles. The molecule has 2 aromatic rings. The molecule has 0 spiro atoms. The normalized spacial score (nSPS) is 10.7. The molecule has 0 amide bonds. The van der Waals surface area contributed by atoms with Gasteiger partial charge < -0.3 is 9.52 Å². The van der Waals surface area contributed by atoms with Gasteiger partial charge in [-0.05, 0) is 12.1 Å². The van der Waals surface area contributed by atoms with Crippen molar-refractivity contribution in [2.75, 3.05) is 0 Å². The maximum absolute atomic E-state index is 13.4. The number of carbonyl (C=O) groups is 2. The highest BCUT2D eigenvalue weighted by Crippen LogP contribution is 2.25. The highest BCUT2D eigenvalue weighted by molar-refractivity contribution is 6.08. The zero-order valence-corrected chi connectivity index (χ0v) is 9.72. The number of benzene rings is 1. The lowest BCUT2D eigenvalue weighted by Gasteiger charge is -2.05. The second kappa shape index (κ2) is 5.00. The number of hydrogen-bond donors (Lipinski definition) is 1. The summed E-state index contributed by atoms with van der Waals surface area (Å²) >= 11 is 0. The van der Waals surface area contributed by atoms with Crippen molar-refractivity contribution in [1.29, 1.82) is 0 Å². The Morgan fingerprint density at radius 2 is 1.24 bits per heavy atom. The summed E-state index contributed by atoms with van der Waals surface area (Å²) in [5.74, 6) is -16.5. The molecule has 0 aliphatic rings. The molecule has 0 saturated carbocycles. The number of carbonyl (C=O) groups excluding carboxylic acids is 1. The average molecular weight is 306 g/mol. The fourth-order valence-electron chi connectivity index (χ4n) is 1.50. The van der Waals surface area contributed by atoms with Gasteiger partial charge in [0.2, 0.25) is 17.4 Å². The Morgan fingerprint density at radius 1 is 0.810 bits per heavy atom. The second-order valence-electron chi connectivity index (χ2n) is 3.74. The maximum atomic E-state index is 13.4. The average Bonchev–Trinajstić information content (AvgIpc) is 2.93. The van der Waals surface area contributed by atoms with E-state index in [1.165, 1.54) is 0 Å². The first-order valence-electron chi connectivity index (χ1n) is 5.15. The molecule has 4 nitrogen and oxygen atoms in total. The number of furan rings is 1. The van der Waals surface area contributed by atoms with Crippen molar-refractivity contribution in [2.45, 2.75) is 0 Å². The van der Waals surface area contributed by atoms with Gasteiger partial charge in [0.1, 0.15) is 5.56 Å². The number of ketones is 1. The van der Waals surface area contributed by atoms with Crippen LogP contribution in [0.15, 0.2) is 16.5 Å². The van der Waals surface area contributed by atoms with Gasteiger partial charge >= 0.3 is 5.97 Å². The van der Waals surface area contributed by atoms with Crippen LogP contribution in [0.5, 0.6) is 0 Å². The summed E-state index contributed by atoms with van der Waals surface area (Å²) < 4.78 is 70.1. The van der Waals surface area contributed by atoms with Gasteiger partial charge in [0.15, 0.2) is 29.0 Å². The molecule has 0 atom stereocenters. The fourth-order valence-corrected chi connectivity index (χ4v) is 1.50. The molecule has 0 unspecified atom stereocenters. The first-order chi connectivity index (χ1) is 9.75. The van der Waals surface area contributed by atoms with Gasteiger partial charge in [-0.15, -0.1) is 0 Å². The van der Waals surface area contributed by atoms with Crippen molar-refractivity contribution in [3.63, 3.8) is 0 Å². The van der Waals surface area contributed by atoms with Crippen molar-refractivity contribution < 1.29 is 41.1 Å². The molecule has 1 heterocycles. The van der Waals surface area contributed by atoms with Gasteiger partial charge in [-0.25, -0.2) is 26.7 Å². The van der Waals surface area contributed by atoms with E-state index in [0.717, 1.165) is 12.1 Å². The number of aromatic carboxylic acids is 1. The van der Waals surface area contributed by atoms with Gasteiger partial charge in [-0.2, -0.15) is 0 Å². The highest BCUT2D eigenvalue weighted by atomic mass is 19.2. The number of hydrogen-bond acceptors (Lipinski definition) is 3. The fraction of sp³-hybridized carbons (Fsp3) is 0. The Balaban J connectivity index is 2.60. The van der Waals surface area contributed by atoms with Crippen molar-refractivity contribution in [3.8, 4) is 0 Å². The van der Waals surface area contributed by atoms with Crippen LogP contribution in [0.3, 0.4) is 0 Å². The monoisotopic (exact) mass is 306 g/mol. The minimum Gasteiger partial charge on any atom is -0.475 e. The van der Waals surface area contributed by atoms with Crippen LogP contribution < -0.4 is 0 Å². The topological polar surface area (TPSA) is 67.5 Å². The van der Waals surface area contributed by atoms with Crippen molar-refractivity contribution in [3.05, 3.63) is 58.3 Å². The van der Waals surface area contributed by atoms with Gasteiger partial charge in [0.25, 0.3) is 0 Å². The standard InChI is InChI=1S/C12H3F5O4/c13-6-5(7(14)9(16)10(17)8(6)15)11(18)3-1-2-4(21-3)12(19)20/h1-2H,(H,19,20). The molecule has 1 aromatic heterocycles. The molecular formula is C12H3F5O4. The zero-order chi connectivity index (χ0) is 15.9. The summed E-state index contributed by atoms with van der Waals surface area (Å²) in [4.78, 5) is 22.3. The van der Waals surface area contributed by atoms with Gasteiger partial charge in [-0.1, -0.05) is 0 Å². The summed E-state index contributed by atoms with van der Waals surface area (Å²) in [6.07, 6.45) is 0. The third-order valence-electron chi connectivity index (χ3n) is 2.48. The van der Waals surface area contributed by atoms with Crippen molar-refractivity contribution in [2.24, 2.45) is 0 Å². The van der Waals surface area contributed by atoms with E-state index >= 15 is 0 Å². The van der Waals surface area contributed by atoms with E-state index < -0.39 is 57.9 Å². The number of halogens is 5. The summed E-state index contributed by atoms with van der Waals surface area (Å²) in [6, 6.07) is 1.53. The molecule has 2 rings (SSSR count). The minimum absolute atomic E-state index is 0.734. The van der Waals surface area contributed by atoms with Gasteiger partial charge in [0, 0.05) is 0 Å². The van der Waals surface area contributed by atoms with Crippen LogP contribution in [-0.4, -0.2) is 16.9 Å². The largest absolute Gasteiger partial charge is 0.475 e. The zero-order valence-electron chi connectivity index (χ0n) is 9.72. The Hall–Kier alpha value is -2.71. The van der Waals surface area contributed by atoms with Crippen LogP contribution in [0, 0.1) is 29.1 Å². The van der Waals surface area contributed by atoms with E-state index in [4.69, 9.17) is 5.11 Å². The van der Waals surface area contributed by atoms with Gasteiger partial charge in [-0.3, -0.25) is 4.79 Å². The third kappa shape index (κ3) is 2.26. The molecule has 21 heavy (non-hydrogen) atoms. The summed E-state index contributed by atoms with van der Waals surface area (Å²) in [6.45, 7) is 0. The van der Waals surface area contributed by atoms with E-state index in [0.29, 0.717) is 0 Å². The molecule has 0 bridgehead atoms. The number of rotatable bonds is 3. The minimum atomic E-state index is -2.41. The molecule has 110 valence electrons. The quantitative estimate of drug-likeness (QED) is 0.410. The van der Waals surface area contributed by atoms with Gasteiger partial charge in [0.05, 0.1) is 0 Å². The van der Waals surface area contributed by atoms with Crippen LogP contribution in [0.1, 0.15) is 26.7 Å². The molecule has 0 aliphatic carbocycles. The summed E-state index contributed by atoms with van der Waals surface area (Å²) in [7, 11) is 0. The Kier molecular flexibility index (Phi) is 3.50. The Bertz CT molecular complexity index is 736. The number of carboxylic acid groups (broad SMARTS) is 1. The first-order valence-corrected chi connectivity index (χ1v) is 5.15. The molecule has 1 N–H and O–H groups in total. The lowest BCUT2D eigenvalue weighted by molar-refractivity contribution is 0.0660. The van der Waals surface area contributed by atoms with Crippen LogP contribution in [-0.2, 0) is 0 Å². The van der Waals surface area contributed by atoms with Crippen LogP contribution in [0.2, 0.25) is 0 Å². The Labute approximate surface area is 112 Å². The molecule has 1 aromatic carbocycles. The van der Waals surface area contributed by atoms with Crippen molar-refractivity contribution >= 4 is 11.8 Å². The van der Waals surface area contributed by atoms with E-state index in [-0.39, 0.29) is 0 Å². The van der Waals surface area contributed by atoms with Crippen LogP contribution in [0.25, 0.3) is 0 Å². The Morgan fingerprint density at radius 3 is 1.67 bits per heavy atom. The van der Waals surface area contributed by atoms with E-state index in [1.54, 1.807) is 0 Å².